The minimum atomic E-state index is 0.359. The van der Waals surface area contributed by atoms with E-state index in [1.54, 1.807) is 0 Å². The molecule has 5 aromatic rings. The number of aromatic nitrogens is 2. The summed E-state index contributed by atoms with van der Waals surface area (Å²) in [6.07, 6.45) is 1.83. The highest BCUT2D eigenvalue weighted by Crippen LogP contribution is 2.38. The maximum absolute atomic E-state index is 6.27. The van der Waals surface area contributed by atoms with Crippen molar-refractivity contribution in [3.05, 3.63) is 84.7 Å². The van der Waals surface area contributed by atoms with E-state index in [4.69, 9.17) is 14.4 Å². The van der Waals surface area contributed by atoms with Crippen LogP contribution in [0.3, 0.4) is 0 Å². The van der Waals surface area contributed by atoms with Crippen LogP contribution in [-0.4, -0.2) is 9.97 Å². The first-order valence-electron chi connectivity index (χ1n) is 9.55. The Hall–Kier alpha value is -3.46. The summed E-state index contributed by atoms with van der Waals surface area (Å²) in [5.41, 5.74) is 6.69. The first-order valence-corrected chi connectivity index (χ1v) is 9.55. The third-order valence-electron chi connectivity index (χ3n) is 5.12. The average Bonchev–Trinajstić information content (AvgIpc) is 3.12. The molecular weight excluding hydrogens is 344 g/mol. The fourth-order valence-electron chi connectivity index (χ4n) is 3.67. The molecule has 0 atom stereocenters. The number of pyridine rings is 2. The first kappa shape index (κ1) is 16.7. The van der Waals surface area contributed by atoms with Crippen LogP contribution in [0.1, 0.15) is 25.5 Å². The lowest BCUT2D eigenvalue weighted by molar-refractivity contribution is 0.648. The van der Waals surface area contributed by atoms with E-state index in [9.17, 15) is 0 Å². The summed E-state index contributed by atoms with van der Waals surface area (Å²) in [6.45, 7) is 4.28. The van der Waals surface area contributed by atoms with Gasteiger partial charge in [-0.25, -0.2) is 4.98 Å². The lowest BCUT2D eigenvalue weighted by atomic mass is 9.98. The Morgan fingerprint density at radius 1 is 0.750 bits per heavy atom. The Morgan fingerprint density at radius 2 is 1.57 bits per heavy atom. The monoisotopic (exact) mass is 364 g/mol. The van der Waals surface area contributed by atoms with E-state index >= 15 is 0 Å². The first-order chi connectivity index (χ1) is 13.7. The molecule has 0 aliphatic heterocycles. The van der Waals surface area contributed by atoms with Crippen molar-refractivity contribution >= 4 is 22.1 Å². The van der Waals surface area contributed by atoms with Gasteiger partial charge in [-0.15, -0.1) is 0 Å². The highest BCUT2D eigenvalue weighted by atomic mass is 16.3. The second-order valence-electron chi connectivity index (χ2n) is 7.29. The molecule has 0 unspecified atom stereocenters. The Morgan fingerprint density at radius 3 is 2.39 bits per heavy atom. The van der Waals surface area contributed by atoms with Gasteiger partial charge in [-0.2, -0.15) is 0 Å². The van der Waals surface area contributed by atoms with Crippen molar-refractivity contribution in [1.29, 1.82) is 0 Å². The molecule has 3 nitrogen and oxygen atoms in total. The van der Waals surface area contributed by atoms with Gasteiger partial charge in [0.1, 0.15) is 5.58 Å². The van der Waals surface area contributed by atoms with Crippen molar-refractivity contribution in [3.63, 3.8) is 0 Å². The van der Waals surface area contributed by atoms with Gasteiger partial charge in [-0.3, -0.25) is 4.98 Å². The molecule has 136 valence electrons. The van der Waals surface area contributed by atoms with Crippen molar-refractivity contribution in [1.82, 2.24) is 9.97 Å². The summed E-state index contributed by atoms with van der Waals surface area (Å²) in [5.74, 6) is 0.359. The Bertz CT molecular complexity index is 1290. The molecule has 0 aliphatic carbocycles. The minimum absolute atomic E-state index is 0.359. The van der Waals surface area contributed by atoms with Crippen molar-refractivity contribution in [2.75, 3.05) is 0 Å². The molecule has 0 fully saturated rings. The molecule has 3 aromatic heterocycles. The molecule has 28 heavy (non-hydrogen) atoms. The molecular formula is C25H20N2O. The molecule has 3 heterocycles. The Labute approximate surface area is 163 Å². The number of hydrogen-bond acceptors (Lipinski definition) is 3. The summed E-state index contributed by atoms with van der Waals surface area (Å²) in [4.78, 5) is 9.45. The molecule has 2 aromatic carbocycles. The number of fused-ring (bicyclic) bond motifs is 3. The molecule has 0 spiro atoms. The number of hydrogen-bond donors (Lipinski definition) is 0. The summed E-state index contributed by atoms with van der Waals surface area (Å²) in [7, 11) is 0. The number of para-hydroxylation sites is 1. The molecule has 0 saturated heterocycles. The van der Waals surface area contributed by atoms with E-state index < -0.39 is 0 Å². The van der Waals surface area contributed by atoms with Crippen LogP contribution < -0.4 is 0 Å². The number of rotatable bonds is 3. The highest BCUT2D eigenvalue weighted by Gasteiger charge is 2.17. The maximum atomic E-state index is 6.27. The second-order valence-corrected chi connectivity index (χ2v) is 7.29. The van der Waals surface area contributed by atoms with E-state index in [-0.39, 0.29) is 0 Å². The maximum Gasteiger partial charge on any atom is 0.227 e. The largest absolute Gasteiger partial charge is 0.437 e. The molecule has 0 amide bonds. The van der Waals surface area contributed by atoms with Crippen LogP contribution in [0.4, 0.5) is 0 Å². The molecule has 5 rings (SSSR count). The number of nitrogens with zero attached hydrogens (tertiary/aromatic N) is 2. The number of furan rings is 1. The summed E-state index contributed by atoms with van der Waals surface area (Å²) >= 11 is 0. The lowest BCUT2D eigenvalue weighted by Crippen LogP contribution is -1.90. The number of benzene rings is 2. The van der Waals surface area contributed by atoms with Crippen molar-refractivity contribution in [2.45, 2.75) is 19.8 Å². The van der Waals surface area contributed by atoms with Crippen LogP contribution in [0.2, 0.25) is 0 Å². The molecule has 0 radical (unpaired) electrons. The van der Waals surface area contributed by atoms with Gasteiger partial charge in [0.2, 0.25) is 5.71 Å². The topological polar surface area (TPSA) is 38.9 Å². The van der Waals surface area contributed by atoms with Crippen LogP contribution >= 0.6 is 0 Å². The van der Waals surface area contributed by atoms with E-state index in [2.05, 4.69) is 62.4 Å². The Kier molecular flexibility index (Phi) is 3.94. The zero-order valence-corrected chi connectivity index (χ0v) is 15.9. The van der Waals surface area contributed by atoms with E-state index in [0.29, 0.717) is 11.6 Å². The van der Waals surface area contributed by atoms with Gasteiger partial charge in [-0.1, -0.05) is 62.4 Å². The second kappa shape index (κ2) is 6.61. The van der Waals surface area contributed by atoms with Crippen LogP contribution in [0.5, 0.6) is 0 Å². The van der Waals surface area contributed by atoms with Gasteiger partial charge in [0, 0.05) is 33.8 Å². The minimum Gasteiger partial charge on any atom is -0.437 e. The SMILES string of the molecule is CC(C)c1ccc2c(n1)oc1c(-c3ncccc3-c3ccccc3)cccc12. The smallest absolute Gasteiger partial charge is 0.227 e. The van der Waals surface area contributed by atoms with Crippen molar-refractivity contribution in [2.24, 2.45) is 0 Å². The van der Waals surface area contributed by atoms with Gasteiger partial charge in [0.15, 0.2) is 0 Å². The van der Waals surface area contributed by atoms with Crippen LogP contribution in [0.25, 0.3) is 44.5 Å². The summed E-state index contributed by atoms with van der Waals surface area (Å²) in [5, 5.41) is 2.11. The van der Waals surface area contributed by atoms with E-state index in [0.717, 1.165) is 44.4 Å². The standard InChI is InChI=1S/C25H20N2O/c1-16(2)22-14-13-20-19-10-6-11-21(24(19)28-25(20)27-22)23-18(12-7-15-26-23)17-8-4-3-5-9-17/h3-16H,1-2H3. The zero-order valence-electron chi connectivity index (χ0n) is 15.9. The van der Waals surface area contributed by atoms with Gasteiger partial charge >= 0.3 is 0 Å². The third-order valence-corrected chi connectivity index (χ3v) is 5.12. The quantitative estimate of drug-likeness (QED) is 0.352. The van der Waals surface area contributed by atoms with Gasteiger partial charge < -0.3 is 4.42 Å². The zero-order chi connectivity index (χ0) is 19.1. The predicted octanol–water partition coefficient (Wildman–Crippen LogP) is 6.83. The van der Waals surface area contributed by atoms with E-state index in [1.807, 2.05) is 30.5 Å². The van der Waals surface area contributed by atoms with Crippen LogP contribution in [0.15, 0.2) is 83.4 Å². The molecule has 0 N–H and O–H groups in total. The van der Waals surface area contributed by atoms with Crippen molar-refractivity contribution in [3.8, 4) is 22.4 Å². The highest BCUT2D eigenvalue weighted by molar-refractivity contribution is 6.09. The predicted molar refractivity (Wildman–Crippen MR) is 114 cm³/mol. The molecule has 0 bridgehead atoms. The van der Waals surface area contributed by atoms with Gasteiger partial charge in [0.05, 0.1) is 5.69 Å². The average molecular weight is 364 g/mol. The van der Waals surface area contributed by atoms with Gasteiger partial charge in [0.25, 0.3) is 0 Å². The fraction of sp³-hybridized carbons (Fsp3) is 0.120. The summed E-state index contributed by atoms with van der Waals surface area (Å²) in [6, 6.07) is 24.8. The fourth-order valence-corrected chi connectivity index (χ4v) is 3.67. The molecule has 0 aliphatic rings. The van der Waals surface area contributed by atoms with E-state index in [1.165, 1.54) is 0 Å². The Balaban J connectivity index is 1.78. The summed E-state index contributed by atoms with van der Waals surface area (Å²) < 4.78 is 6.27. The van der Waals surface area contributed by atoms with Crippen molar-refractivity contribution < 1.29 is 4.42 Å². The third kappa shape index (κ3) is 2.67. The normalized spacial score (nSPS) is 11.5. The lowest BCUT2D eigenvalue weighted by Gasteiger charge is -2.09. The molecule has 3 heteroatoms. The van der Waals surface area contributed by atoms with Crippen LogP contribution in [-0.2, 0) is 0 Å². The molecule has 0 saturated carbocycles. The van der Waals surface area contributed by atoms with Gasteiger partial charge in [-0.05, 0) is 35.7 Å². The van der Waals surface area contributed by atoms with Crippen LogP contribution in [0, 0.1) is 0 Å².